The number of aldehydes is 2. The first kappa shape index (κ1) is 59.1. The number of Topliss-reactive ketones (excluding diaryl/α,β-unsaturated/α-hetero) is 1. The summed E-state index contributed by atoms with van der Waals surface area (Å²) >= 11 is 0. The van der Waals surface area contributed by atoms with Gasteiger partial charge in [-0.15, -0.1) is 0 Å². The van der Waals surface area contributed by atoms with Crippen molar-refractivity contribution in [3.63, 3.8) is 0 Å². The molecule has 2 fully saturated rings. The Hall–Kier alpha value is -2.03. The second-order valence-corrected chi connectivity index (χ2v) is 12.6. The number of hydrogen-bond donors (Lipinski definition) is 23. The molecular formula is C30H58O29. The summed E-state index contributed by atoms with van der Waals surface area (Å²) in [6, 6.07) is 0. The van der Waals surface area contributed by atoms with E-state index >= 15 is 0 Å². The second kappa shape index (κ2) is 30.1. The minimum Gasteiger partial charge on any atom is -0.394 e. The lowest BCUT2D eigenvalue weighted by Crippen LogP contribution is -2.64. The van der Waals surface area contributed by atoms with Gasteiger partial charge in [-0.1, -0.05) is 0 Å². The van der Waals surface area contributed by atoms with Gasteiger partial charge in [0.2, 0.25) is 0 Å². The number of aliphatic hydroxyl groups is 23. The summed E-state index contributed by atoms with van der Waals surface area (Å²) in [6.45, 7) is -4.55. The highest BCUT2D eigenvalue weighted by atomic mass is 16.7. The topological polar surface area (TPSA) is 544 Å². The fraction of sp³-hybridized carbons (Fsp3) is 0.900. The van der Waals surface area contributed by atoms with E-state index in [2.05, 4.69) is 0 Å². The molecule has 2 saturated heterocycles. The van der Waals surface area contributed by atoms with Crippen LogP contribution in [0.4, 0.5) is 0 Å². The fourth-order valence-corrected chi connectivity index (χ4v) is 4.41. The van der Waals surface area contributed by atoms with Crippen LogP contribution in [0.1, 0.15) is 0 Å². The van der Waals surface area contributed by atoms with E-state index in [9.17, 15) is 50.1 Å². The van der Waals surface area contributed by atoms with Crippen LogP contribution in [0.2, 0.25) is 0 Å². The van der Waals surface area contributed by atoms with E-state index in [1.165, 1.54) is 0 Å². The molecule has 2 rings (SSSR count). The Morgan fingerprint density at radius 2 is 0.915 bits per heavy atom. The Morgan fingerprint density at radius 1 is 0.508 bits per heavy atom. The van der Waals surface area contributed by atoms with Crippen LogP contribution in [0.15, 0.2) is 0 Å². The molecule has 2 aliphatic rings. The maximum absolute atomic E-state index is 10.5. The van der Waals surface area contributed by atoms with Gasteiger partial charge in [0.05, 0.1) is 33.0 Å². The van der Waals surface area contributed by atoms with Crippen LogP contribution in [0.5, 0.6) is 0 Å². The third-order valence-corrected chi connectivity index (χ3v) is 8.21. The molecule has 0 aliphatic carbocycles. The predicted octanol–water partition coefficient (Wildman–Crippen LogP) is -15.5. The molecule has 0 saturated carbocycles. The van der Waals surface area contributed by atoms with Crippen molar-refractivity contribution in [1.29, 1.82) is 0 Å². The minimum absolute atomic E-state index is 0.0258. The van der Waals surface area contributed by atoms with E-state index in [1.807, 2.05) is 0 Å². The van der Waals surface area contributed by atoms with Gasteiger partial charge in [-0.2, -0.15) is 0 Å². The van der Waals surface area contributed by atoms with Crippen molar-refractivity contribution >= 4 is 18.4 Å². The van der Waals surface area contributed by atoms with Gasteiger partial charge in [0, 0.05) is 0 Å². The van der Waals surface area contributed by atoms with Crippen LogP contribution >= 0.6 is 0 Å². The van der Waals surface area contributed by atoms with Gasteiger partial charge in [-0.3, -0.25) is 4.79 Å². The van der Waals surface area contributed by atoms with Gasteiger partial charge in [0.15, 0.2) is 30.9 Å². The van der Waals surface area contributed by atoms with Crippen LogP contribution in [-0.2, 0) is 28.6 Å². The van der Waals surface area contributed by atoms with Gasteiger partial charge in [-0.25, -0.2) is 0 Å². The van der Waals surface area contributed by atoms with Crippen molar-refractivity contribution in [3.05, 3.63) is 0 Å². The highest BCUT2D eigenvalue weighted by Crippen LogP contribution is 2.28. The van der Waals surface area contributed by atoms with Gasteiger partial charge in [0.25, 0.3) is 0 Å². The zero-order chi connectivity index (χ0) is 46.5. The summed E-state index contributed by atoms with van der Waals surface area (Å²) in [5.41, 5.74) is 0. The molecule has 59 heavy (non-hydrogen) atoms. The summed E-state index contributed by atoms with van der Waals surface area (Å²) < 4.78 is 15.3. The lowest BCUT2D eigenvalue weighted by Gasteiger charge is -2.45. The van der Waals surface area contributed by atoms with Crippen molar-refractivity contribution in [2.24, 2.45) is 0 Å². The normalized spacial score (nSPS) is 32.5. The lowest BCUT2D eigenvalue weighted by atomic mass is 9.97. The molecule has 0 bridgehead atoms. The monoisotopic (exact) mass is 882 g/mol. The highest BCUT2D eigenvalue weighted by molar-refractivity contribution is 5.84. The highest BCUT2D eigenvalue weighted by Gasteiger charge is 2.50. The van der Waals surface area contributed by atoms with Crippen molar-refractivity contribution in [2.75, 3.05) is 39.6 Å². The molecule has 352 valence electrons. The average Bonchev–Trinajstić information content (AvgIpc) is 3.25. The van der Waals surface area contributed by atoms with E-state index in [-0.39, 0.29) is 12.6 Å². The van der Waals surface area contributed by atoms with Crippen LogP contribution in [0, 0.1) is 0 Å². The quantitative estimate of drug-likeness (QED) is 0.0536. The molecule has 0 aromatic rings. The number of ether oxygens (including phenoxy) is 3. The predicted molar refractivity (Wildman–Crippen MR) is 180 cm³/mol. The maximum atomic E-state index is 10.5. The fourth-order valence-electron chi connectivity index (χ4n) is 4.41. The lowest BCUT2D eigenvalue weighted by molar-refractivity contribution is -0.355. The molecule has 0 aromatic heterocycles. The molecule has 0 unspecified atom stereocenters. The smallest absolute Gasteiger partial charge is 0.189 e. The molecule has 0 amide bonds. The Balaban J connectivity index is 0. The van der Waals surface area contributed by atoms with Gasteiger partial charge >= 0.3 is 0 Å². The molecule has 23 N–H and O–H groups in total. The van der Waals surface area contributed by atoms with Crippen LogP contribution in [-0.4, -0.2) is 304 Å². The largest absolute Gasteiger partial charge is 0.394 e. The standard InChI is InChI=1S/C12H22O11.3C6H12O6/c13-1-3-5(15)6(16)9(19)12(22-3)23-10-4(2-14)21-11(20)8(18)7(10)17;3*7-1-3(9)5(11)6(12)4(10)2-8/h3-20H,1-2H2;3,5-9,11-12H,1-2H2;2*1,3-6,8-12H,2H2/t3-,4-,5+,6+,7-,8-,9-,10-,11-,12+;3-,5+,6-;3-,4+,5+,6+;3-,4+,5+,6-/m1100/s1. The van der Waals surface area contributed by atoms with Gasteiger partial charge in [-0.05, 0) is 0 Å². The van der Waals surface area contributed by atoms with Crippen LogP contribution in [0.25, 0.3) is 0 Å². The van der Waals surface area contributed by atoms with Crippen LogP contribution in [0.3, 0.4) is 0 Å². The van der Waals surface area contributed by atoms with Crippen molar-refractivity contribution in [2.45, 2.75) is 129 Å². The number of rotatable bonds is 19. The van der Waals surface area contributed by atoms with E-state index < -0.39 is 174 Å². The first-order chi connectivity index (χ1) is 27.4. The molecular weight excluding hydrogens is 824 g/mol. The Bertz CT molecular complexity index is 1090. The van der Waals surface area contributed by atoms with E-state index in [0.29, 0.717) is 0 Å². The zero-order valence-electron chi connectivity index (χ0n) is 30.8. The summed E-state index contributed by atoms with van der Waals surface area (Å²) in [5, 5.41) is 207. The molecule has 2 heterocycles. The average molecular weight is 883 g/mol. The van der Waals surface area contributed by atoms with E-state index in [1.54, 1.807) is 0 Å². The first-order valence-corrected chi connectivity index (χ1v) is 17.1. The van der Waals surface area contributed by atoms with Crippen molar-refractivity contribution in [1.82, 2.24) is 0 Å². The maximum Gasteiger partial charge on any atom is 0.189 e. The second-order valence-electron chi connectivity index (χ2n) is 12.6. The number of hydrogen-bond acceptors (Lipinski definition) is 29. The molecule has 2 aliphatic heterocycles. The molecule has 0 spiro atoms. The van der Waals surface area contributed by atoms with Crippen molar-refractivity contribution in [3.8, 4) is 0 Å². The molecule has 21 atom stereocenters. The number of aliphatic hydroxyl groups excluding tert-OH is 23. The van der Waals surface area contributed by atoms with Crippen molar-refractivity contribution < 1.29 is 146 Å². The van der Waals surface area contributed by atoms with Gasteiger partial charge < -0.3 is 141 Å². The summed E-state index contributed by atoms with van der Waals surface area (Å²) in [5.74, 6) is -1.00. The number of carbonyl (C=O) groups is 3. The molecule has 29 heteroatoms. The minimum atomic E-state index is -1.86. The SMILES string of the molecule is O=C(CO)[C@@H](O)[C@@H](O)[C@H](O)CO.O=C[C@H](O)[C@@H](O)[C@@H](O)[C@H](O)CO.O=C[C@H](O)[C@@H](O)[C@H](O)[C@H](O)CO.OC[C@H]1O[C@@H](O[C@H]2[C@H](O)[C@@H](O)[C@H](O)O[C@@H]2CO)[C@H](O)[C@@H](O)[C@H]1O. The summed E-state index contributed by atoms with van der Waals surface area (Å²) in [4.78, 5) is 30.3. The van der Waals surface area contributed by atoms with E-state index in [4.69, 9.17) is 95.9 Å². The zero-order valence-corrected chi connectivity index (χ0v) is 30.8. The summed E-state index contributed by atoms with van der Waals surface area (Å²) in [6.07, 6.45) is -34.5. The number of ketones is 1. The third kappa shape index (κ3) is 18.5. The number of carbonyl (C=O) groups excluding carboxylic acids is 3. The molecule has 0 radical (unpaired) electrons. The Morgan fingerprint density at radius 3 is 1.27 bits per heavy atom. The third-order valence-electron chi connectivity index (χ3n) is 8.21. The summed E-state index contributed by atoms with van der Waals surface area (Å²) in [7, 11) is 0. The van der Waals surface area contributed by atoms with E-state index in [0.717, 1.165) is 0 Å². The van der Waals surface area contributed by atoms with Crippen LogP contribution < -0.4 is 0 Å². The Labute approximate surface area is 332 Å². The van der Waals surface area contributed by atoms with Gasteiger partial charge in [0.1, 0.15) is 123 Å². The molecule has 0 aromatic carbocycles. The molecule has 29 nitrogen and oxygen atoms in total. The Kier molecular flexibility index (Phi) is 30.1. The first-order valence-electron chi connectivity index (χ1n) is 17.1.